The zero-order chi connectivity index (χ0) is 42.8. The zero-order valence-corrected chi connectivity index (χ0v) is 41.4. The predicted molar refractivity (Wildman–Crippen MR) is 271 cm³/mol. The van der Waals surface area contributed by atoms with E-state index in [4.69, 9.17) is 6.42 Å². The van der Waals surface area contributed by atoms with Gasteiger partial charge in [0.1, 0.15) is 0 Å². The summed E-state index contributed by atoms with van der Waals surface area (Å²) in [5, 5.41) is 0. The molecule has 2 heteroatoms. The highest BCUT2D eigenvalue weighted by molar-refractivity contribution is 14.1. The monoisotopic (exact) mass is 990 g/mol. The van der Waals surface area contributed by atoms with Crippen LogP contribution in [0.3, 0.4) is 0 Å². The molecule has 0 amide bonds. The van der Waals surface area contributed by atoms with Crippen LogP contribution >= 0.6 is 45.2 Å². The molecule has 0 aliphatic carbocycles. The summed E-state index contributed by atoms with van der Waals surface area (Å²) in [5.41, 5.74) is 20.2. The summed E-state index contributed by atoms with van der Waals surface area (Å²) in [4.78, 5) is 0. The van der Waals surface area contributed by atoms with Crippen LogP contribution < -0.4 is 0 Å². The van der Waals surface area contributed by atoms with Gasteiger partial charge in [-0.25, -0.2) is 0 Å². The maximum atomic E-state index is 5.25. The van der Waals surface area contributed by atoms with E-state index in [-0.39, 0.29) is 0 Å². The van der Waals surface area contributed by atoms with Gasteiger partial charge in [0, 0.05) is 35.0 Å². The fourth-order valence-electron chi connectivity index (χ4n) is 6.60. The molecular weight excluding hydrogens is 926 g/mol. The molecule has 0 aromatic heterocycles. The molecule has 0 fully saturated rings. The molecule has 0 heterocycles. The van der Waals surface area contributed by atoms with Crippen LogP contribution in [-0.4, -0.2) is 0 Å². The Kier molecular flexibility index (Phi) is 20.9. The molecule has 0 unspecified atom stereocenters. The van der Waals surface area contributed by atoms with Crippen LogP contribution in [0.25, 0.3) is 0 Å². The van der Waals surface area contributed by atoms with Crippen molar-refractivity contribution in [1.82, 2.24) is 0 Å². The highest BCUT2D eigenvalue weighted by Crippen LogP contribution is 2.29. The standard InChI is InChI=1S/C34H38.C12H14.C10H12I2/c1-7-9-11-29-13-17-31(18-14-29)21-23-33-25(3)27(5)34(28(6)26(33)4)24-22-32-19-15-30(16-20-32)12-10-8-2;1-3-5-6-12-9-7-11(4-2)8-10-12;1-5-6(2)10(12)8(4)7(3)9(5)11/h13-20H,7-12H2,1-6H3;2,7-10H,3,5-6H2,1H3;1-4H3. The summed E-state index contributed by atoms with van der Waals surface area (Å²) in [5.74, 6) is 16.3. The smallest absolute Gasteiger partial charge is 0.0313 e. The average molecular weight is 991 g/mol. The second-order valence-electron chi connectivity index (χ2n) is 15.4. The van der Waals surface area contributed by atoms with Crippen molar-refractivity contribution in [2.75, 3.05) is 0 Å². The van der Waals surface area contributed by atoms with Crippen molar-refractivity contribution in [1.29, 1.82) is 0 Å². The van der Waals surface area contributed by atoms with Crippen molar-refractivity contribution in [3.63, 3.8) is 0 Å². The number of hydrogen-bond acceptors (Lipinski definition) is 0. The normalized spacial score (nSPS) is 10.1. The minimum absolute atomic E-state index is 0.968. The van der Waals surface area contributed by atoms with Gasteiger partial charge in [-0.15, -0.1) is 6.42 Å². The maximum absolute atomic E-state index is 5.25. The Morgan fingerprint density at radius 3 is 0.879 bits per heavy atom. The molecule has 58 heavy (non-hydrogen) atoms. The van der Waals surface area contributed by atoms with E-state index in [2.05, 4.69) is 212 Å². The first-order chi connectivity index (χ1) is 27.8. The van der Waals surface area contributed by atoms with Crippen LogP contribution in [0.2, 0.25) is 0 Å². The summed E-state index contributed by atoms with van der Waals surface area (Å²) >= 11 is 4.87. The molecule has 0 saturated heterocycles. The molecule has 0 spiro atoms. The summed E-state index contributed by atoms with van der Waals surface area (Å²) in [6.07, 6.45) is 16.1. The number of benzene rings is 5. The first kappa shape index (κ1) is 48.6. The highest BCUT2D eigenvalue weighted by atomic mass is 127. The Balaban J connectivity index is 0.000000303. The van der Waals surface area contributed by atoms with E-state index in [9.17, 15) is 0 Å². The van der Waals surface area contributed by atoms with Crippen LogP contribution in [-0.2, 0) is 19.3 Å². The van der Waals surface area contributed by atoms with E-state index >= 15 is 0 Å². The molecule has 0 radical (unpaired) electrons. The third-order valence-corrected chi connectivity index (χ3v) is 14.5. The molecule has 0 saturated carbocycles. The number of terminal acetylenes is 1. The molecule has 0 N–H and O–H groups in total. The molecule has 0 nitrogen and oxygen atoms in total. The summed E-state index contributed by atoms with van der Waals surface area (Å²) in [6, 6.07) is 25.7. The van der Waals surface area contributed by atoms with Gasteiger partial charge in [0.25, 0.3) is 0 Å². The Bertz CT molecular complexity index is 2040. The minimum Gasteiger partial charge on any atom is -0.115 e. The van der Waals surface area contributed by atoms with Crippen LogP contribution in [0.5, 0.6) is 0 Å². The fraction of sp³-hybridized carbons (Fsp3) is 0.357. The number of hydrogen-bond donors (Lipinski definition) is 0. The van der Waals surface area contributed by atoms with Gasteiger partial charge < -0.3 is 0 Å². The van der Waals surface area contributed by atoms with Gasteiger partial charge in [-0.3, -0.25) is 0 Å². The molecule has 0 bridgehead atoms. The Morgan fingerprint density at radius 1 is 0.379 bits per heavy atom. The van der Waals surface area contributed by atoms with Gasteiger partial charge in [-0.2, -0.15) is 0 Å². The first-order valence-electron chi connectivity index (χ1n) is 21.1. The molecular formula is C56H64I2. The molecule has 5 aromatic rings. The van der Waals surface area contributed by atoms with Crippen molar-refractivity contribution in [2.45, 2.75) is 134 Å². The van der Waals surface area contributed by atoms with Gasteiger partial charge in [0.2, 0.25) is 0 Å². The average Bonchev–Trinajstić information content (AvgIpc) is 3.25. The first-order valence-corrected chi connectivity index (χ1v) is 23.2. The Labute approximate surface area is 381 Å². The molecule has 302 valence electrons. The Hall–Kier alpha value is -3.76. The molecule has 0 atom stereocenters. The quantitative estimate of drug-likeness (QED) is 0.102. The van der Waals surface area contributed by atoms with Crippen LogP contribution in [0.1, 0.15) is 148 Å². The number of unbranched alkanes of at least 4 members (excludes halogenated alkanes) is 3. The van der Waals surface area contributed by atoms with E-state index in [1.807, 2.05) is 12.1 Å². The van der Waals surface area contributed by atoms with Crippen LogP contribution in [0.15, 0.2) is 72.8 Å². The largest absolute Gasteiger partial charge is 0.115 e. The van der Waals surface area contributed by atoms with Crippen LogP contribution in [0, 0.1) is 98.6 Å². The van der Waals surface area contributed by atoms with Crippen molar-refractivity contribution in [3.8, 4) is 36.0 Å². The van der Waals surface area contributed by atoms with Crippen molar-refractivity contribution in [3.05, 3.63) is 169 Å². The van der Waals surface area contributed by atoms with E-state index in [0.717, 1.165) is 40.7 Å². The van der Waals surface area contributed by atoms with Gasteiger partial charge in [-0.05, 0) is 237 Å². The molecule has 5 aromatic carbocycles. The number of halogens is 2. The van der Waals surface area contributed by atoms with E-state index in [1.54, 1.807) is 0 Å². The summed E-state index contributed by atoms with van der Waals surface area (Å²) in [7, 11) is 0. The lowest BCUT2D eigenvalue weighted by atomic mass is 9.89. The van der Waals surface area contributed by atoms with Crippen molar-refractivity contribution in [2.24, 2.45) is 0 Å². The molecule has 5 rings (SSSR count). The second kappa shape index (κ2) is 25.0. The van der Waals surface area contributed by atoms with Gasteiger partial charge in [0.05, 0.1) is 0 Å². The van der Waals surface area contributed by atoms with Gasteiger partial charge >= 0.3 is 0 Å². The van der Waals surface area contributed by atoms with Crippen molar-refractivity contribution >= 4 is 45.2 Å². The SMILES string of the molecule is C#Cc1ccc(CCCC)cc1.CCCCc1ccc(C#Cc2c(C)c(C)c(C#Cc3ccc(CCCC)cc3)c(C)c2C)cc1.Cc1c(C)c(I)c(C)c(C)c1I. The fourth-order valence-corrected chi connectivity index (χ4v) is 8.22. The highest BCUT2D eigenvalue weighted by Gasteiger charge is 2.13. The van der Waals surface area contributed by atoms with E-state index in [0.29, 0.717) is 0 Å². The molecule has 0 aliphatic rings. The number of aryl methyl sites for hydroxylation is 3. The third kappa shape index (κ3) is 14.2. The predicted octanol–water partition coefficient (Wildman–Crippen LogP) is 15.5. The second-order valence-corrected chi connectivity index (χ2v) is 17.6. The third-order valence-electron chi connectivity index (χ3n) is 11.2. The Morgan fingerprint density at radius 2 is 0.638 bits per heavy atom. The zero-order valence-electron chi connectivity index (χ0n) is 37.1. The van der Waals surface area contributed by atoms with E-state index < -0.39 is 0 Å². The number of rotatable bonds is 9. The summed E-state index contributed by atoms with van der Waals surface area (Å²) < 4.78 is 2.84. The minimum atomic E-state index is 0.968. The van der Waals surface area contributed by atoms with Gasteiger partial charge in [0.15, 0.2) is 0 Å². The lowest BCUT2D eigenvalue weighted by Gasteiger charge is -2.14. The van der Waals surface area contributed by atoms with Gasteiger partial charge in [-0.1, -0.05) is 106 Å². The lowest BCUT2D eigenvalue weighted by Crippen LogP contribution is -2.01. The topological polar surface area (TPSA) is 0 Å². The van der Waals surface area contributed by atoms with Crippen molar-refractivity contribution < 1.29 is 0 Å². The summed E-state index contributed by atoms with van der Waals surface area (Å²) in [6.45, 7) is 24.2. The van der Waals surface area contributed by atoms with E-state index in [1.165, 1.54) is 113 Å². The lowest BCUT2D eigenvalue weighted by molar-refractivity contribution is 0.795. The molecule has 0 aliphatic heterocycles. The van der Waals surface area contributed by atoms with Crippen LogP contribution in [0.4, 0.5) is 0 Å². The maximum Gasteiger partial charge on any atom is 0.0313 e.